The van der Waals surface area contributed by atoms with Crippen molar-refractivity contribution in [1.82, 2.24) is 10.6 Å². The number of ether oxygens (including phenoxy) is 1. The molecule has 126 valence electrons. The van der Waals surface area contributed by atoms with Gasteiger partial charge in [-0.05, 0) is 30.7 Å². The molecule has 0 fully saturated rings. The molecule has 7 heteroatoms. The van der Waals surface area contributed by atoms with Gasteiger partial charge in [0.2, 0.25) is 11.8 Å². The second-order valence-corrected chi connectivity index (χ2v) is 5.38. The summed E-state index contributed by atoms with van der Waals surface area (Å²) in [6.45, 7) is 4.33. The molecule has 0 saturated carbocycles. The lowest BCUT2D eigenvalue weighted by Crippen LogP contribution is -2.47. The van der Waals surface area contributed by atoms with Gasteiger partial charge in [0.25, 0.3) is 6.47 Å². The van der Waals surface area contributed by atoms with Crippen LogP contribution in [0.5, 0.6) is 0 Å². The van der Waals surface area contributed by atoms with E-state index in [-0.39, 0.29) is 36.9 Å². The first-order valence-electron chi connectivity index (χ1n) is 7.37. The second kappa shape index (κ2) is 9.58. The number of carbonyl (C=O) groups excluding carboxylic acids is 3. The van der Waals surface area contributed by atoms with Gasteiger partial charge in [-0.25, -0.2) is 0 Å². The minimum atomic E-state index is -0.333. The predicted molar refractivity (Wildman–Crippen MR) is 86.6 cm³/mol. The zero-order valence-electron chi connectivity index (χ0n) is 13.6. The second-order valence-electron chi connectivity index (χ2n) is 5.38. The summed E-state index contributed by atoms with van der Waals surface area (Å²) in [5, 5.41) is 8.20. The Hall–Kier alpha value is -2.41. The Balaban J connectivity index is 2.44. The fourth-order valence-corrected chi connectivity index (χ4v) is 2.06. The van der Waals surface area contributed by atoms with Gasteiger partial charge in [-0.3, -0.25) is 14.4 Å². The van der Waals surface area contributed by atoms with Gasteiger partial charge in [-0.15, -0.1) is 0 Å². The van der Waals surface area contributed by atoms with E-state index in [0.29, 0.717) is 12.2 Å². The van der Waals surface area contributed by atoms with Crippen LogP contribution in [-0.2, 0) is 25.7 Å². The first kappa shape index (κ1) is 18.6. The highest BCUT2D eigenvalue weighted by Gasteiger charge is 2.20. The number of hydrogen-bond donors (Lipinski definition) is 3. The van der Waals surface area contributed by atoms with Crippen LogP contribution in [0.25, 0.3) is 0 Å². The number of hydrogen-bond acceptors (Lipinski definition) is 5. The molecule has 0 aliphatic carbocycles. The summed E-state index contributed by atoms with van der Waals surface area (Å²) in [6.07, 6.45) is 0. The maximum Gasteiger partial charge on any atom is 0.293 e. The van der Waals surface area contributed by atoms with Gasteiger partial charge in [-0.1, -0.05) is 26.0 Å². The molecule has 1 rings (SSSR count). The van der Waals surface area contributed by atoms with Crippen LogP contribution in [0.1, 0.15) is 19.4 Å². The Labute approximate surface area is 135 Å². The van der Waals surface area contributed by atoms with Crippen LogP contribution in [0.3, 0.4) is 0 Å². The molecule has 1 aromatic carbocycles. The molecule has 0 aliphatic rings. The number of anilines is 1. The lowest BCUT2D eigenvalue weighted by molar-refractivity contribution is -0.129. The quantitative estimate of drug-likeness (QED) is 0.581. The van der Waals surface area contributed by atoms with Crippen LogP contribution in [0, 0.1) is 5.92 Å². The number of benzene rings is 1. The number of amides is 2. The molecule has 1 aromatic rings. The summed E-state index contributed by atoms with van der Waals surface area (Å²) in [5.41, 5.74) is 1.42. The van der Waals surface area contributed by atoms with E-state index in [1.807, 2.05) is 13.8 Å². The molecule has 0 saturated heterocycles. The number of carbonyl (C=O) groups is 3. The van der Waals surface area contributed by atoms with Crippen molar-refractivity contribution < 1.29 is 19.1 Å². The Morgan fingerprint density at radius 2 is 1.87 bits per heavy atom. The zero-order valence-corrected chi connectivity index (χ0v) is 13.6. The van der Waals surface area contributed by atoms with E-state index >= 15 is 0 Å². The maximum absolute atomic E-state index is 11.9. The van der Waals surface area contributed by atoms with Crippen LogP contribution >= 0.6 is 0 Å². The molecule has 0 spiro atoms. The third-order valence-electron chi connectivity index (χ3n) is 3.24. The third kappa shape index (κ3) is 6.48. The normalized spacial score (nSPS) is 11.7. The van der Waals surface area contributed by atoms with Crippen molar-refractivity contribution in [1.29, 1.82) is 0 Å². The summed E-state index contributed by atoms with van der Waals surface area (Å²) in [4.78, 5) is 33.9. The van der Waals surface area contributed by atoms with E-state index in [0.717, 1.165) is 5.56 Å². The summed E-state index contributed by atoms with van der Waals surface area (Å²) in [6, 6.07) is 6.56. The van der Waals surface area contributed by atoms with Gasteiger partial charge in [-0.2, -0.15) is 0 Å². The molecule has 0 aromatic heterocycles. The highest BCUT2D eigenvalue weighted by Crippen LogP contribution is 2.10. The zero-order chi connectivity index (χ0) is 17.2. The predicted octanol–water partition coefficient (Wildman–Crippen LogP) is 0.658. The fourth-order valence-electron chi connectivity index (χ4n) is 2.06. The monoisotopic (exact) mass is 321 g/mol. The van der Waals surface area contributed by atoms with E-state index in [9.17, 15) is 14.4 Å². The molecular formula is C16H23N3O4. The van der Waals surface area contributed by atoms with Crippen molar-refractivity contribution in [3.63, 3.8) is 0 Å². The fraction of sp³-hybridized carbons (Fsp3) is 0.438. The lowest BCUT2D eigenvalue weighted by Gasteiger charge is -2.19. The minimum Gasteiger partial charge on any atom is -0.463 e. The Kier molecular flexibility index (Phi) is 7.76. The molecule has 0 aliphatic heterocycles. The van der Waals surface area contributed by atoms with Gasteiger partial charge >= 0.3 is 0 Å². The highest BCUT2D eigenvalue weighted by molar-refractivity contribution is 5.95. The van der Waals surface area contributed by atoms with Gasteiger partial charge in [0, 0.05) is 5.69 Å². The van der Waals surface area contributed by atoms with Crippen molar-refractivity contribution >= 4 is 24.0 Å². The molecule has 3 N–H and O–H groups in total. The van der Waals surface area contributed by atoms with Gasteiger partial charge in [0.15, 0.2) is 0 Å². The Morgan fingerprint density at radius 3 is 2.39 bits per heavy atom. The Bertz CT molecular complexity index is 529. The van der Waals surface area contributed by atoms with Crippen LogP contribution in [0.4, 0.5) is 5.69 Å². The van der Waals surface area contributed by atoms with E-state index in [1.54, 1.807) is 31.3 Å². The molecule has 0 unspecified atom stereocenters. The van der Waals surface area contributed by atoms with Crippen LogP contribution in [0.2, 0.25) is 0 Å². The summed E-state index contributed by atoms with van der Waals surface area (Å²) >= 11 is 0. The molecule has 2 amide bonds. The highest BCUT2D eigenvalue weighted by atomic mass is 16.5. The largest absolute Gasteiger partial charge is 0.463 e. The smallest absolute Gasteiger partial charge is 0.293 e. The van der Waals surface area contributed by atoms with Gasteiger partial charge in [0.1, 0.15) is 6.61 Å². The van der Waals surface area contributed by atoms with E-state index in [2.05, 4.69) is 20.7 Å². The van der Waals surface area contributed by atoms with E-state index in [1.165, 1.54) is 0 Å². The topological polar surface area (TPSA) is 96.5 Å². The molecule has 0 radical (unpaired) electrons. The van der Waals surface area contributed by atoms with Crippen molar-refractivity contribution in [2.24, 2.45) is 5.92 Å². The van der Waals surface area contributed by atoms with Crippen LogP contribution in [0.15, 0.2) is 24.3 Å². The average Bonchev–Trinajstić information content (AvgIpc) is 2.52. The molecule has 0 bridgehead atoms. The van der Waals surface area contributed by atoms with Crippen molar-refractivity contribution in [3.8, 4) is 0 Å². The van der Waals surface area contributed by atoms with Crippen LogP contribution < -0.4 is 16.0 Å². The van der Waals surface area contributed by atoms with Crippen molar-refractivity contribution in [2.45, 2.75) is 26.5 Å². The average molecular weight is 321 g/mol. The molecule has 7 nitrogen and oxygen atoms in total. The summed E-state index contributed by atoms with van der Waals surface area (Å²) in [7, 11) is 1.71. The van der Waals surface area contributed by atoms with Crippen molar-refractivity contribution in [2.75, 3.05) is 18.9 Å². The maximum atomic E-state index is 11.9. The number of likely N-dealkylation sites (N-methyl/N-ethyl adjacent to an activating group) is 1. The SMILES string of the molecule is CN[C@H](C(=O)NCC(=O)Nc1ccc(COC=O)cc1)C(C)C. The standard InChI is InChI=1S/C16H23N3O4/c1-11(2)15(17-3)16(22)18-8-14(21)19-13-6-4-12(5-7-13)9-23-10-20/h4-7,10-11,15,17H,8-9H2,1-3H3,(H,18,22)(H,19,21)/t15-/m0/s1. The first-order chi connectivity index (χ1) is 11.0. The third-order valence-corrected chi connectivity index (χ3v) is 3.24. The molecular weight excluding hydrogens is 298 g/mol. The van der Waals surface area contributed by atoms with E-state index < -0.39 is 0 Å². The summed E-state index contributed by atoms with van der Waals surface area (Å²) < 4.78 is 4.64. The van der Waals surface area contributed by atoms with E-state index in [4.69, 9.17) is 0 Å². The number of nitrogens with one attached hydrogen (secondary N) is 3. The van der Waals surface area contributed by atoms with Gasteiger partial charge < -0.3 is 20.7 Å². The first-order valence-corrected chi connectivity index (χ1v) is 7.37. The summed E-state index contributed by atoms with van der Waals surface area (Å²) in [5.74, 6) is -0.392. The number of rotatable bonds is 9. The van der Waals surface area contributed by atoms with Crippen molar-refractivity contribution in [3.05, 3.63) is 29.8 Å². The Morgan fingerprint density at radius 1 is 1.22 bits per heavy atom. The minimum absolute atomic E-state index is 0.0975. The molecule has 0 heterocycles. The lowest BCUT2D eigenvalue weighted by atomic mass is 10.0. The van der Waals surface area contributed by atoms with Crippen LogP contribution in [-0.4, -0.2) is 37.9 Å². The van der Waals surface area contributed by atoms with Gasteiger partial charge in [0.05, 0.1) is 12.6 Å². The molecule has 1 atom stereocenters. The molecule has 23 heavy (non-hydrogen) atoms.